The fraction of sp³-hybridized carbons (Fsp3) is 0.738. The van der Waals surface area contributed by atoms with Crippen LogP contribution in [0.5, 0.6) is 0 Å². The number of ether oxygens (including phenoxy) is 5. The summed E-state index contributed by atoms with van der Waals surface area (Å²) in [4.78, 5) is 51.0. The lowest BCUT2D eigenvalue weighted by Gasteiger charge is -2.40. The zero-order valence-corrected chi connectivity index (χ0v) is 45.9. The Morgan fingerprint density at radius 2 is 0.890 bits per heavy atom. The Hall–Kier alpha value is -3.84. The molecule has 1 fully saturated rings. The van der Waals surface area contributed by atoms with Gasteiger partial charge in [0.25, 0.3) is 0 Å². The number of carbonyl (C=O) groups excluding carboxylic acids is 3. The van der Waals surface area contributed by atoms with E-state index >= 15 is 0 Å². The maximum absolute atomic E-state index is 13.1. The number of carbonyl (C=O) groups is 4. The van der Waals surface area contributed by atoms with Gasteiger partial charge < -0.3 is 39.0 Å². The second-order valence-corrected chi connectivity index (χ2v) is 19.5. The summed E-state index contributed by atoms with van der Waals surface area (Å²) >= 11 is 0. The Bertz CT molecular complexity index is 1550. The summed E-state index contributed by atoms with van der Waals surface area (Å²) in [7, 11) is 0. The molecule has 0 aromatic heterocycles. The molecule has 12 nitrogen and oxygen atoms in total. The predicted molar refractivity (Wildman–Crippen MR) is 294 cm³/mol. The molecule has 0 aliphatic carbocycles. The summed E-state index contributed by atoms with van der Waals surface area (Å²) in [6, 6.07) is 0. The van der Waals surface area contributed by atoms with Gasteiger partial charge in [0.15, 0.2) is 24.6 Å². The fourth-order valence-electron chi connectivity index (χ4n) is 8.30. The summed E-state index contributed by atoms with van der Waals surface area (Å²) < 4.78 is 28.4. The van der Waals surface area contributed by atoms with Crippen LogP contribution in [0.4, 0.5) is 0 Å². The number of aliphatic carboxylic acids is 1. The first kappa shape index (κ1) is 67.2. The van der Waals surface area contributed by atoms with Gasteiger partial charge in [0, 0.05) is 19.3 Å². The highest BCUT2D eigenvalue weighted by molar-refractivity contribution is 5.74. The molecule has 0 radical (unpaired) electrons. The SMILES string of the molecule is CC/C=C\C/C=C\C/C=C\CCCCCCCCCC(=O)OC1C(OCC(COC(=O)CCCCCCC/C=C\C/C=C\CCC)OC(=O)CCCCCCC/C=C\CCCCCC)OC(C(=O)O)C(O)C1O. The molecule has 1 rings (SSSR count). The van der Waals surface area contributed by atoms with E-state index in [1.165, 1.54) is 25.7 Å². The molecule has 1 heterocycles. The van der Waals surface area contributed by atoms with Crippen LogP contribution in [0.3, 0.4) is 0 Å². The molecule has 0 amide bonds. The standard InChI is InChI=1S/C61H102O12/c1-4-7-10-13-16-19-22-25-26-27-28-31-34-37-40-43-46-49-55(64)72-59-57(66)56(65)58(60(67)68)73-61(59)70-51-52(71-54(63)48-45-42-39-36-33-30-24-21-18-15-12-9-6-3)50-69-53(62)47-44-41-38-35-32-29-23-20-17-14-11-8-5-2/h7,10-11,14,16,19-21,23-26,52,56-59,61,65-66H,4-6,8-9,12-13,15,17-18,22,27-51H2,1-3H3,(H,67,68)/b10-7-,14-11-,19-16-,23-20-,24-21-,26-25-. The van der Waals surface area contributed by atoms with E-state index < -0.39 is 67.3 Å². The Morgan fingerprint density at radius 1 is 0.466 bits per heavy atom. The molecule has 6 unspecified atom stereocenters. The van der Waals surface area contributed by atoms with Gasteiger partial charge in [0.05, 0.1) is 6.61 Å². The molecule has 0 aromatic carbocycles. The number of esters is 3. The number of aliphatic hydroxyl groups is 2. The normalized spacial score (nSPS) is 18.8. The topological polar surface area (TPSA) is 175 Å². The summed E-state index contributed by atoms with van der Waals surface area (Å²) in [5, 5.41) is 31.5. The Labute approximate surface area is 442 Å². The van der Waals surface area contributed by atoms with Crippen molar-refractivity contribution in [1.82, 2.24) is 0 Å². The van der Waals surface area contributed by atoms with Crippen LogP contribution in [0, 0.1) is 0 Å². The van der Waals surface area contributed by atoms with E-state index in [9.17, 15) is 34.5 Å². The molecular weight excluding hydrogens is 925 g/mol. The molecule has 1 aliphatic heterocycles. The fourth-order valence-corrected chi connectivity index (χ4v) is 8.30. The Kier molecular flexibility index (Phi) is 45.1. The molecule has 1 saturated heterocycles. The number of carboxylic acids is 1. The van der Waals surface area contributed by atoms with E-state index in [4.69, 9.17) is 23.7 Å². The highest BCUT2D eigenvalue weighted by Crippen LogP contribution is 2.26. The van der Waals surface area contributed by atoms with E-state index in [1.807, 2.05) is 0 Å². The van der Waals surface area contributed by atoms with Crippen molar-refractivity contribution < 1.29 is 58.2 Å². The van der Waals surface area contributed by atoms with Crippen LogP contribution in [0.15, 0.2) is 72.9 Å². The highest BCUT2D eigenvalue weighted by Gasteiger charge is 2.50. The lowest BCUT2D eigenvalue weighted by Crippen LogP contribution is -2.61. The quantitative estimate of drug-likeness (QED) is 0.0228. The van der Waals surface area contributed by atoms with Crippen molar-refractivity contribution in [2.45, 2.75) is 276 Å². The molecule has 0 spiro atoms. The van der Waals surface area contributed by atoms with Crippen molar-refractivity contribution in [1.29, 1.82) is 0 Å². The second-order valence-electron chi connectivity index (χ2n) is 19.5. The summed E-state index contributed by atoms with van der Waals surface area (Å²) in [6.45, 7) is 5.77. The third-order valence-corrected chi connectivity index (χ3v) is 12.7. The molecule has 73 heavy (non-hydrogen) atoms. The van der Waals surface area contributed by atoms with Gasteiger partial charge in [-0.15, -0.1) is 0 Å². The summed E-state index contributed by atoms with van der Waals surface area (Å²) in [6.07, 6.45) is 48.7. The average Bonchev–Trinajstić information content (AvgIpc) is 3.37. The summed E-state index contributed by atoms with van der Waals surface area (Å²) in [5.41, 5.74) is 0. The van der Waals surface area contributed by atoms with Crippen molar-refractivity contribution in [3.05, 3.63) is 72.9 Å². The van der Waals surface area contributed by atoms with Crippen LogP contribution in [0.1, 0.15) is 239 Å². The van der Waals surface area contributed by atoms with Crippen LogP contribution >= 0.6 is 0 Å². The molecule has 3 N–H and O–H groups in total. The van der Waals surface area contributed by atoms with Crippen molar-refractivity contribution in [3.63, 3.8) is 0 Å². The van der Waals surface area contributed by atoms with E-state index in [-0.39, 0.29) is 25.9 Å². The maximum Gasteiger partial charge on any atom is 0.335 e. The Morgan fingerprint density at radius 3 is 1.38 bits per heavy atom. The third kappa shape index (κ3) is 39.3. The third-order valence-electron chi connectivity index (χ3n) is 12.7. The number of hydrogen-bond donors (Lipinski definition) is 3. The molecular formula is C61H102O12. The monoisotopic (exact) mass is 1030 g/mol. The van der Waals surface area contributed by atoms with Gasteiger partial charge in [-0.05, 0) is 103 Å². The van der Waals surface area contributed by atoms with Gasteiger partial charge in [0.1, 0.15) is 18.8 Å². The maximum atomic E-state index is 13.1. The number of rotatable bonds is 48. The van der Waals surface area contributed by atoms with Gasteiger partial charge >= 0.3 is 23.9 Å². The van der Waals surface area contributed by atoms with Crippen LogP contribution in [0.2, 0.25) is 0 Å². The number of aliphatic hydroxyl groups excluding tert-OH is 2. The molecule has 0 aromatic rings. The minimum Gasteiger partial charge on any atom is -0.479 e. The average molecular weight is 1030 g/mol. The van der Waals surface area contributed by atoms with Crippen LogP contribution in [-0.4, -0.2) is 89.2 Å². The highest BCUT2D eigenvalue weighted by atomic mass is 16.7. The number of hydrogen-bond acceptors (Lipinski definition) is 11. The van der Waals surface area contributed by atoms with Crippen molar-refractivity contribution in [2.75, 3.05) is 13.2 Å². The van der Waals surface area contributed by atoms with Crippen LogP contribution in [-0.2, 0) is 42.9 Å². The van der Waals surface area contributed by atoms with E-state index in [0.717, 1.165) is 154 Å². The van der Waals surface area contributed by atoms with Crippen molar-refractivity contribution >= 4 is 23.9 Å². The molecule has 0 bridgehead atoms. The Balaban J connectivity index is 2.71. The van der Waals surface area contributed by atoms with Gasteiger partial charge in [0.2, 0.25) is 0 Å². The zero-order chi connectivity index (χ0) is 53.3. The minimum atomic E-state index is -1.91. The van der Waals surface area contributed by atoms with E-state index in [1.54, 1.807) is 0 Å². The molecule has 418 valence electrons. The lowest BCUT2D eigenvalue weighted by molar-refractivity contribution is -0.301. The zero-order valence-electron chi connectivity index (χ0n) is 45.9. The van der Waals surface area contributed by atoms with Gasteiger partial charge in [-0.2, -0.15) is 0 Å². The van der Waals surface area contributed by atoms with Gasteiger partial charge in [-0.3, -0.25) is 14.4 Å². The van der Waals surface area contributed by atoms with Crippen molar-refractivity contribution in [2.24, 2.45) is 0 Å². The van der Waals surface area contributed by atoms with Crippen LogP contribution < -0.4 is 0 Å². The predicted octanol–water partition coefficient (Wildman–Crippen LogP) is 14.6. The molecule has 12 heteroatoms. The number of unbranched alkanes of at least 4 members (excludes halogenated alkanes) is 22. The lowest BCUT2D eigenvalue weighted by atomic mass is 9.98. The molecule has 0 saturated carbocycles. The summed E-state index contributed by atoms with van der Waals surface area (Å²) in [5.74, 6) is -3.16. The first-order valence-electron chi connectivity index (χ1n) is 28.9. The molecule has 1 aliphatic rings. The van der Waals surface area contributed by atoms with Crippen molar-refractivity contribution in [3.8, 4) is 0 Å². The first-order valence-corrected chi connectivity index (χ1v) is 28.9. The number of allylic oxidation sites excluding steroid dienone is 12. The molecule has 6 atom stereocenters. The van der Waals surface area contributed by atoms with Gasteiger partial charge in [-0.25, -0.2) is 4.79 Å². The largest absolute Gasteiger partial charge is 0.479 e. The van der Waals surface area contributed by atoms with E-state index in [0.29, 0.717) is 19.3 Å². The van der Waals surface area contributed by atoms with E-state index in [2.05, 4.69) is 93.7 Å². The number of carboxylic acid groups (broad SMARTS) is 1. The second kappa shape index (κ2) is 49.1. The van der Waals surface area contributed by atoms with Crippen LogP contribution in [0.25, 0.3) is 0 Å². The van der Waals surface area contributed by atoms with Gasteiger partial charge in [-0.1, -0.05) is 190 Å². The first-order chi connectivity index (χ1) is 35.6. The smallest absolute Gasteiger partial charge is 0.335 e. The minimum absolute atomic E-state index is 0.0452.